The lowest BCUT2D eigenvalue weighted by molar-refractivity contribution is -0.581. The van der Waals surface area contributed by atoms with Gasteiger partial charge in [-0.05, 0) is 30.7 Å². The van der Waals surface area contributed by atoms with Crippen LogP contribution in [0, 0.1) is 5.21 Å². The molecule has 3 rings (SSSR count). The highest BCUT2D eigenvalue weighted by atomic mass is 35.5. The maximum absolute atomic E-state index is 12.8. The molecule has 0 aliphatic rings. The van der Waals surface area contributed by atoms with E-state index in [1.165, 1.54) is 12.1 Å². The van der Waals surface area contributed by atoms with Gasteiger partial charge in [0, 0.05) is 6.07 Å². The molecule has 10 heteroatoms. The van der Waals surface area contributed by atoms with E-state index in [1.54, 1.807) is 38.3 Å². The highest BCUT2D eigenvalue weighted by Gasteiger charge is 2.29. The molecule has 0 aliphatic carbocycles. The first-order chi connectivity index (χ1) is 14.8. The molecule has 0 aliphatic heterocycles. The van der Waals surface area contributed by atoms with Crippen LogP contribution < -0.4 is 9.47 Å². The van der Waals surface area contributed by atoms with Crippen molar-refractivity contribution in [3.63, 3.8) is 0 Å². The third-order valence-electron chi connectivity index (χ3n) is 4.31. The van der Waals surface area contributed by atoms with Crippen LogP contribution in [0.25, 0.3) is 11.0 Å². The Morgan fingerprint density at radius 3 is 2.42 bits per heavy atom. The minimum absolute atomic E-state index is 0.00880. The van der Waals surface area contributed by atoms with E-state index in [2.05, 4.69) is 4.98 Å². The van der Waals surface area contributed by atoms with Crippen LogP contribution >= 0.6 is 23.2 Å². The molecule has 0 bridgehead atoms. The zero-order valence-electron chi connectivity index (χ0n) is 16.7. The van der Waals surface area contributed by atoms with Crippen LogP contribution in [-0.4, -0.2) is 30.6 Å². The second-order valence-electron chi connectivity index (χ2n) is 6.36. The van der Waals surface area contributed by atoms with Gasteiger partial charge in [-0.15, -0.1) is 0 Å². The number of carbonyl (C=O) groups is 2. The maximum Gasteiger partial charge on any atom is 0.407 e. The molecule has 0 fully saturated rings. The Kier molecular flexibility index (Phi) is 7.14. The summed E-state index contributed by atoms with van der Waals surface area (Å²) < 4.78 is 15.7. The van der Waals surface area contributed by atoms with E-state index in [9.17, 15) is 14.8 Å². The molecular weight excluding hydrogens is 447 g/mol. The lowest BCUT2D eigenvalue weighted by Gasteiger charge is -2.12. The fourth-order valence-corrected chi connectivity index (χ4v) is 3.14. The molecular formula is C21H18Cl2N2O6. The number of carbonyl (C=O) groups excluding carboxylic acids is 2. The highest BCUT2D eigenvalue weighted by molar-refractivity contribution is 6.42. The molecule has 0 radical (unpaired) electrons. The summed E-state index contributed by atoms with van der Waals surface area (Å²) in [7, 11) is 1.55. The molecule has 0 saturated carbocycles. The van der Waals surface area contributed by atoms with Crippen LogP contribution in [-0.2, 0) is 27.3 Å². The minimum atomic E-state index is -0.890. The molecule has 0 amide bonds. The molecule has 0 unspecified atom stereocenters. The van der Waals surface area contributed by atoms with Crippen molar-refractivity contribution in [3.05, 3.63) is 68.6 Å². The van der Waals surface area contributed by atoms with E-state index >= 15 is 0 Å². The number of rotatable bonds is 7. The number of nitrogens with zero attached hydrogens (tertiary/aromatic N) is 2. The Labute approximate surface area is 187 Å². The first-order valence-electron chi connectivity index (χ1n) is 9.21. The van der Waals surface area contributed by atoms with Gasteiger partial charge in [-0.1, -0.05) is 35.3 Å². The molecule has 2 aromatic carbocycles. The Balaban J connectivity index is 1.88. The van der Waals surface area contributed by atoms with Gasteiger partial charge in [0.15, 0.2) is 5.69 Å². The van der Waals surface area contributed by atoms with Crippen LogP contribution in [0.15, 0.2) is 36.4 Å². The van der Waals surface area contributed by atoms with Gasteiger partial charge in [0.1, 0.15) is 17.9 Å². The quantitative estimate of drug-likeness (QED) is 0.298. The van der Waals surface area contributed by atoms with Crippen molar-refractivity contribution in [3.8, 4) is 5.75 Å². The Bertz CT molecular complexity index is 1140. The summed E-state index contributed by atoms with van der Waals surface area (Å²) in [6, 6.07) is 9.61. The van der Waals surface area contributed by atoms with Crippen molar-refractivity contribution >= 4 is 46.2 Å². The van der Waals surface area contributed by atoms with E-state index in [0.717, 1.165) is 0 Å². The normalized spacial score (nSPS) is 10.7. The maximum atomic E-state index is 12.8. The number of aromatic nitrogens is 2. The zero-order valence-corrected chi connectivity index (χ0v) is 18.2. The molecule has 1 aromatic heterocycles. The summed E-state index contributed by atoms with van der Waals surface area (Å²) in [6.07, 6.45) is -0.00880. The van der Waals surface area contributed by atoms with E-state index < -0.39 is 18.5 Å². The number of hydrogen-bond donors (Lipinski definition) is 0. The van der Waals surface area contributed by atoms with Crippen molar-refractivity contribution in [2.24, 2.45) is 0 Å². The van der Waals surface area contributed by atoms with Gasteiger partial charge in [-0.25, -0.2) is 9.78 Å². The molecule has 162 valence electrons. The lowest BCUT2D eigenvalue weighted by Crippen LogP contribution is -2.39. The second kappa shape index (κ2) is 9.80. The number of methoxy groups -OCH3 is 1. The zero-order chi connectivity index (χ0) is 22.5. The average molecular weight is 465 g/mol. The molecule has 8 nitrogen and oxygen atoms in total. The Morgan fingerprint density at radius 2 is 1.77 bits per heavy atom. The summed E-state index contributed by atoms with van der Waals surface area (Å²) in [6.45, 7) is 1.25. The summed E-state index contributed by atoms with van der Waals surface area (Å²) in [5.41, 5.74) is 0.500. The van der Waals surface area contributed by atoms with E-state index in [-0.39, 0.29) is 45.5 Å². The molecule has 0 atom stereocenters. The number of ether oxygens (including phenoxy) is 3. The van der Waals surface area contributed by atoms with Crippen molar-refractivity contribution in [2.45, 2.75) is 20.0 Å². The van der Waals surface area contributed by atoms with Crippen molar-refractivity contribution in [1.82, 2.24) is 4.98 Å². The smallest absolute Gasteiger partial charge is 0.407 e. The van der Waals surface area contributed by atoms with Crippen LogP contribution in [0.4, 0.5) is 0 Å². The number of fused-ring (bicyclic) bond motifs is 1. The molecule has 3 aromatic rings. The molecule has 1 heterocycles. The van der Waals surface area contributed by atoms with Crippen LogP contribution in [0.5, 0.6) is 5.75 Å². The third kappa shape index (κ3) is 5.15. The average Bonchev–Trinajstić information content (AvgIpc) is 2.74. The lowest BCUT2D eigenvalue weighted by atomic mass is 10.1. The number of esters is 2. The van der Waals surface area contributed by atoms with Gasteiger partial charge in [0.05, 0.1) is 30.2 Å². The number of halogens is 2. The van der Waals surface area contributed by atoms with E-state index in [4.69, 9.17) is 37.4 Å². The number of hydrogen-bond acceptors (Lipinski definition) is 7. The van der Waals surface area contributed by atoms with Gasteiger partial charge in [0.2, 0.25) is 5.52 Å². The number of benzene rings is 2. The predicted molar refractivity (Wildman–Crippen MR) is 113 cm³/mol. The second-order valence-corrected chi connectivity index (χ2v) is 7.18. The third-order valence-corrected chi connectivity index (χ3v) is 5.04. The van der Waals surface area contributed by atoms with Crippen molar-refractivity contribution in [1.29, 1.82) is 0 Å². The van der Waals surface area contributed by atoms with Gasteiger partial charge in [-0.2, -0.15) is 4.73 Å². The molecule has 0 saturated heterocycles. The fraction of sp³-hybridized carbons (Fsp3) is 0.238. The van der Waals surface area contributed by atoms with Gasteiger partial charge in [-0.3, -0.25) is 4.79 Å². The molecule has 31 heavy (non-hydrogen) atoms. The van der Waals surface area contributed by atoms with Gasteiger partial charge in [0.25, 0.3) is 0 Å². The van der Waals surface area contributed by atoms with E-state index in [1.807, 2.05) is 0 Å². The highest BCUT2D eigenvalue weighted by Crippen LogP contribution is 2.26. The molecule has 0 N–H and O–H groups in total. The summed E-state index contributed by atoms with van der Waals surface area (Å²) in [5.74, 6) is -0.789. The predicted octanol–water partition coefficient (Wildman–Crippen LogP) is 3.65. The first kappa shape index (κ1) is 22.6. The fourth-order valence-electron chi connectivity index (χ4n) is 2.82. The summed E-state index contributed by atoms with van der Waals surface area (Å²) in [4.78, 5) is 28.9. The van der Waals surface area contributed by atoms with Gasteiger partial charge >= 0.3 is 17.6 Å². The standard InChI is InChI=1S/C21H18Cl2N2O6/c1-3-30-21(27)20-17(24-16-9-14(22)15(23)10-18(16)25(20)28)11-31-19(26)8-12-4-6-13(29-2)7-5-12/h4-7,9-10H,3,8,11H2,1-2H3. The van der Waals surface area contributed by atoms with E-state index in [0.29, 0.717) is 16.0 Å². The summed E-state index contributed by atoms with van der Waals surface area (Å²) in [5, 5.41) is 13.2. The topological polar surface area (TPSA) is 102 Å². The monoisotopic (exact) mass is 464 g/mol. The molecule has 0 spiro atoms. The SMILES string of the molecule is CCOC(=O)c1c(COC(=O)Cc2ccc(OC)cc2)nc2cc(Cl)c(Cl)cc2[n+]1[O-]. The van der Waals surface area contributed by atoms with Crippen LogP contribution in [0.1, 0.15) is 28.7 Å². The van der Waals surface area contributed by atoms with Crippen molar-refractivity contribution < 1.29 is 28.5 Å². The minimum Gasteiger partial charge on any atom is -0.618 e. The van der Waals surface area contributed by atoms with Crippen LogP contribution in [0.2, 0.25) is 10.0 Å². The Hall–Kier alpha value is -3.10. The first-order valence-corrected chi connectivity index (χ1v) is 9.96. The van der Waals surface area contributed by atoms with Crippen molar-refractivity contribution in [2.75, 3.05) is 13.7 Å². The summed E-state index contributed by atoms with van der Waals surface area (Å²) >= 11 is 12.0. The van der Waals surface area contributed by atoms with Crippen LogP contribution in [0.3, 0.4) is 0 Å². The van der Waals surface area contributed by atoms with Gasteiger partial charge < -0.3 is 19.4 Å². The largest absolute Gasteiger partial charge is 0.618 e. The Morgan fingerprint density at radius 1 is 1.10 bits per heavy atom.